The van der Waals surface area contributed by atoms with Gasteiger partial charge >= 0.3 is 0 Å². The lowest BCUT2D eigenvalue weighted by molar-refractivity contribution is 0.186. The molecular formula is C17H26N4OS. The van der Waals surface area contributed by atoms with Crippen LogP contribution in [0.15, 0.2) is 9.98 Å². The van der Waals surface area contributed by atoms with Gasteiger partial charge in [0.25, 0.3) is 0 Å². The van der Waals surface area contributed by atoms with Gasteiger partial charge in [0, 0.05) is 30.1 Å². The van der Waals surface area contributed by atoms with Crippen molar-refractivity contribution in [1.82, 2.24) is 4.57 Å². The highest BCUT2D eigenvalue weighted by atomic mass is 32.1. The highest BCUT2D eigenvalue weighted by Crippen LogP contribution is 2.68. The number of thiazole rings is 1. The first kappa shape index (κ1) is 17.9. The molecule has 2 rings (SSSR count). The van der Waals surface area contributed by atoms with Crippen LogP contribution in [0.1, 0.15) is 38.3 Å². The smallest absolute Gasteiger partial charge is 0.207 e. The summed E-state index contributed by atoms with van der Waals surface area (Å²) < 4.78 is 7.35. The maximum absolute atomic E-state index is 9.08. The topological polar surface area (TPSA) is 62.7 Å². The van der Waals surface area contributed by atoms with Gasteiger partial charge in [0.15, 0.2) is 4.80 Å². The summed E-state index contributed by atoms with van der Waals surface area (Å²) in [4.78, 5) is 11.0. The number of aromatic nitrogens is 1. The van der Waals surface area contributed by atoms with Crippen LogP contribution in [0.2, 0.25) is 0 Å². The number of amidine groups is 1. The van der Waals surface area contributed by atoms with E-state index in [1.807, 2.05) is 6.19 Å². The molecule has 0 aromatic carbocycles. The van der Waals surface area contributed by atoms with Crippen LogP contribution in [0.4, 0.5) is 0 Å². The summed E-state index contributed by atoms with van der Waals surface area (Å²) in [6, 6.07) is 0. The summed E-state index contributed by atoms with van der Waals surface area (Å²) >= 11 is 1.64. The summed E-state index contributed by atoms with van der Waals surface area (Å²) in [5.41, 5.74) is 1.40. The Kier molecular flexibility index (Phi) is 4.84. The molecule has 0 aliphatic heterocycles. The van der Waals surface area contributed by atoms with Crippen molar-refractivity contribution in [1.29, 1.82) is 5.26 Å². The summed E-state index contributed by atoms with van der Waals surface area (Å²) in [6.07, 6.45) is 1.93. The largest absolute Gasteiger partial charge is 0.383 e. The fourth-order valence-electron chi connectivity index (χ4n) is 3.27. The molecule has 0 spiro atoms. The second-order valence-electron chi connectivity index (χ2n) is 7.23. The summed E-state index contributed by atoms with van der Waals surface area (Å²) in [5.74, 6) is 0.850. The molecule has 1 aliphatic rings. The molecule has 1 aromatic heterocycles. The number of hydrogen-bond acceptors (Lipinski definition) is 4. The first-order valence-corrected chi connectivity index (χ1v) is 8.67. The van der Waals surface area contributed by atoms with Gasteiger partial charge in [-0.1, -0.05) is 27.7 Å². The fraction of sp³-hybridized carbons (Fsp3) is 0.706. The van der Waals surface area contributed by atoms with E-state index in [-0.39, 0.29) is 16.7 Å². The zero-order valence-corrected chi connectivity index (χ0v) is 15.9. The van der Waals surface area contributed by atoms with Gasteiger partial charge in [-0.25, -0.2) is 4.99 Å². The van der Waals surface area contributed by atoms with E-state index in [9.17, 15) is 0 Å². The molecule has 1 fully saturated rings. The zero-order valence-electron chi connectivity index (χ0n) is 15.1. The average molecular weight is 334 g/mol. The van der Waals surface area contributed by atoms with Crippen LogP contribution in [0, 0.1) is 42.1 Å². The van der Waals surface area contributed by atoms with Gasteiger partial charge in [0.1, 0.15) is 5.84 Å². The minimum absolute atomic E-state index is 0.102. The number of hydrogen-bond donors (Lipinski definition) is 0. The second-order valence-corrected chi connectivity index (χ2v) is 8.41. The van der Waals surface area contributed by atoms with Crippen molar-refractivity contribution >= 4 is 17.2 Å². The van der Waals surface area contributed by atoms with Crippen molar-refractivity contribution in [3.05, 3.63) is 15.4 Å². The molecule has 126 valence electrons. The minimum Gasteiger partial charge on any atom is -0.383 e. The van der Waals surface area contributed by atoms with Gasteiger partial charge in [0.2, 0.25) is 6.19 Å². The van der Waals surface area contributed by atoms with Crippen molar-refractivity contribution in [2.45, 2.75) is 48.1 Å². The number of aliphatic imine (C=N–C) groups is 1. The van der Waals surface area contributed by atoms with Crippen LogP contribution in [0.5, 0.6) is 0 Å². The van der Waals surface area contributed by atoms with Gasteiger partial charge in [0.05, 0.1) is 6.61 Å². The molecule has 1 aromatic rings. The van der Waals surface area contributed by atoms with Crippen LogP contribution in [0.25, 0.3) is 0 Å². The molecule has 0 radical (unpaired) electrons. The number of ether oxygens (including phenoxy) is 1. The quantitative estimate of drug-likeness (QED) is 0.482. The summed E-state index contributed by atoms with van der Waals surface area (Å²) in [5, 5.41) is 9.08. The van der Waals surface area contributed by atoms with E-state index in [0.29, 0.717) is 12.4 Å². The lowest BCUT2D eigenvalue weighted by Crippen LogP contribution is -2.21. The van der Waals surface area contributed by atoms with Gasteiger partial charge in [-0.15, -0.1) is 11.3 Å². The van der Waals surface area contributed by atoms with E-state index in [4.69, 9.17) is 15.0 Å². The number of aryl methyl sites for hydroxylation is 1. The first-order valence-electron chi connectivity index (χ1n) is 7.85. The lowest BCUT2D eigenvalue weighted by atomic mass is 10.0. The first-order chi connectivity index (χ1) is 10.7. The molecule has 0 N–H and O–H groups in total. The van der Waals surface area contributed by atoms with Crippen LogP contribution < -0.4 is 4.80 Å². The van der Waals surface area contributed by atoms with Crippen LogP contribution in [-0.2, 0) is 11.3 Å². The Hall–Kier alpha value is -1.45. The summed E-state index contributed by atoms with van der Waals surface area (Å²) in [7, 11) is 1.70. The Bertz CT molecular complexity index is 717. The zero-order chi connectivity index (χ0) is 17.4. The van der Waals surface area contributed by atoms with E-state index < -0.39 is 0 Å². The van der Waals surface area contributed by atoms with E-state index in [1.54, 1.807) is 18.4 Å². The second kappa shape index (κ2) is 6.21. The van der Waals surface area contributed by atoms with Crippen molar-refractivity contribution in [2.75, 3.05) is 13.7 Å². The molecule has 0 saturated heterocycles. The minimum atomic E-state index is 0.102. The fourth-order valence-corrected chi connectivity index (χ4v) is 4.28. The number of nitriles is 1. The number of rotatable bonds is 4. The molecule has 0 bridgehead atoms. The molecule has 5 nitrogen and oxygen atoms in total. The molecule has 1 saturated carbocycles. The predicted octanol–water partition coefficient (Wildman–Crippen LogP) is 3.28. The normalized spacial score (nSPS) is 20.6. The molecule has 6 heteroatoms. The maximum atomic E-state index is 9.08. The maximum Gasteiger partial charge on any atom is 0.207 e. The molecule has 1 heterocycles. The monoisotopic (exact) mass is 334 g/mol. The molecule has 0 unspecified atom stereocenters. The predicted molar refractivity (Wildman–Crippen MR) is 93.3 cm³/mol. The van der Waals surface area contributed by atoms with E-state index in [2.05, 4.69) is 51.1 Å². The van der Waals surface area contributed by atoms with Gasteiger partial charge in [-0.05, 0) is 24.7 Å². The van der Waals surface area contributed by atoms with Crippen LogP contribution >= 0.6 is 11.3 Å². The Balaban J connectivity index is 2.49. The molecule has 0 amide bonds. The van der Waals surface area contributed by atoms with Crippen molar-refractivity contribution in [3.8, 4) is 6.19 Å². The third-order valence-electron chi connectivity index (χ3n) is 5.56. The summed E-state index contributed by atoms with van der Waals surface area (Å²) in [6.45, 7) is 14.4. The lowest BCUT2D eigenvalue weighted by Gasteiger charge is -2.06. The third kappa shape index (κ3) is 3.00. The third-order valence-corrected chi connectivity index (χ3v) is 6.66. The van der Waals surface area contributed by atoms with E-state index in [1.165, 1.54) is 10.6 Å². The average Bonchev–Trinajstić information content (AvgIpc) is 2.71. The van der Waals surface area contributed by atoms with Crippen molar-refractivity contribution in [3.63, 3.8) is 0 Å². The highest BCUT2D eigenvalue weighted by Gasteiger charge is 2.67. The number of nitrogens with zero attached hydrogens (tertiary/aromatic N) is 4. The Labute approximate surface area is 142 Å². The molecule has 0 atom stereocenters. The van der Waals surface area contributed by atoms with E-state index in [0.717, 1.165) is 11.3 Å². The van der Waals surface area contributed by atoms with Gasteiger partial charge in [-0.2, -0.15) is 10.3 Å². The Morgan fingerprint density at radius 1 is 1.30 bits per heavy atom. The molecule has 1 aliphatic carbocycles. The van der Waals surface area contributed by atoms with E-state index >= 15 is 0 Å². The Morgan fingerprint density at radius 3 is 2.39 bits per heavy atom. The Morgan fingerprint density at radius 2 is 1.91 bits per heavy atom. The molecular weight excluding hydrogens is 308 g/mol. The van der Waals surface area contributed by atoms with Crippen LogP contribution in [0.3, 0.4) is 0 Å². The standard InChI is InChI=1S/C17H26N4OS/c1-11-12(2)23-15(21(11)8-9-22-7)20-14(19-10-18)13-16(3,4)17(13,5)6/h13H,8-9H2,1-7H3. The van der Waals surface area contributed by atoms with Crippen molar-refractivity contribution in [2.24, 2.45) is 26.7 Å². The highest BCUT2D eigenvalue weighted by molar-refractivity contribution is 7.09. The van der Waals surface area contributed by atoms with Crippen molar-refractivity contribution < 1.29 is 4.74 Å². The number of methoxy groups -OCH3 is 1. The van der Waals surface area contributed by atoms with Gasteiger partial charge in [-0.3, -0.25) is 0 Å². The van der Waals surface area contributed by atoms with Gasteiger partial charge < -0.3 is 9.30 Å². The van der Waals surface area contributed by atoms with Crippen LogP contribution in [-0.4, -0.2) is 24.1 Å². The molecule has 23 heavy (non-hydrogen) atoms. The SMILES string of the molecule is COCCn1c(C)c(C)sc1=NC(=NC#N)C1C(C)(C)C1(C)C.